The molecular formula is C19H16Cl2N2O3. The largest absolute Gasteiger partial charge is 0.494 e. The van der Waals surface area contributed by atoms with Crippen LogP contribution in [-0.2, 0) is 7.05 Å². The van der Waals surface area contributed by atoms with Gasteiger partial charge in [-0.1, -0.05) is 29.3 Å². The summed E-state index contributed by atoms with van der Waals surface area (Å²) in [5.74, 6) is -0.00637. The number of aryl methyl sites for hydroxylation is 1. The first kappa shape index (κ1) is 18.3. The Labute approximate surface area is 160 Å². The summed E-state index contributed by atoms with van der Waals surface area (Å²) >= 11 is 12.2. The lowest BCUT2D eigenvalue weighted by atomic mass is 10.1. The van der Waals surface area contributed by atoms with Crippen LogP contribution < -0.4 is 15.5 Å². The lowest BCUT2D eigenvalue weighted by molar-refractivity contribution is 0.102. The van der Waals surface area contributed by atoms with E-state index >= 15 is 0 Å². The lowest BCUT2D eigenvalue weighted by Crippen LogP contribution is -2.23. The van der Waals surface area contributed by atoms with E-state index in [9.17, 15) is 9.59 Å². The van der Waals surface area contributed by atoms with Gasteiger partial charge in [-0.15, -0.1) is 0 Å². The number of fused-ring (bicyclic) bond motifs is 1. The molecule has 0 aliphatic carbocycles. The molecule has 0 radical (unpaired) electrons. The molecule has 1 N–H and O–H groups in total. The number of benzene rings is 2. The van der Waals surface area contributed by atoms with Crippen LogP contribution in [0.1, 0.15) is 17.3 Å². The van der Waals surface area contributed by atoms with Gasteiger partial charge >= 0.3 is 0 Å². The van der Waals surface area contributed by atoms with E-state index < -0.39 is 5.91 Å². The van der Waals surface area contributed by atoms with Gasteiger partial charge in [-0.25, -0.2) is 0 Å². The minimum absolute atomic E-state index is 0.00960. The molecule has 1 heterocycles. The first-order valence-corrected chi connectivity index (χ1v) is 8.69. The molecule has 0 bridgehead atoms. The van der Waals surface area contributed by atoms with Crippen LogP contribution >= 0.6 is 23.2 Å². The van der Waals surface area contributed by atoms with Crippen molar-refractivity contribution in [1.29, 1.82) is 0 Å². The minimum Gasteiger partial charge on any atom is -0.494 e. The van der Waals surface area contributed by atoms with Crippen molar-refractivity contribution in [2.45, 2.75) is 6.92 Å². The topological polar surface area (TPSA) is 60.3 Å². The van der Waals surface area contributed by atoms with Crippen molar-refractivity contribution in [3.05, 3.63) is 68.4 Å². The molecule has 7 heteroatoms. The lowest BCUT2D eigenvalue weighted by Gasteiger charge is -2.12. The van der Waals surface area contributed by atoms with E-state index in [1.807, 2.05) is 6.92 Å². The molecule has 1 amide bonds. The maximum atomic E-state index is 12.8. The molecule has 0 aliphatic heterocycles. The number of carbonyl (C=O) groups excluding carboxylic acids is 1. The Kier molecular flexibility index (Phi) is 5.20. The van der Waals surface area contributed by atoms with Gasteiger partial charge in [-0.2, -0.15) is 0 Å². The van der Waals surface area contributed by atoms with E-state index in [1.54, 1.807) is 48.0 Å². The summed E-state index contributed by atoms with van der Waals surface area (Å²) in [5.41, 5.74) is 0.571. The number of hydrogen-bond acceptors (Lipinski definition) is 3. The van der Waals surface area contributed by atoms with E-state index in [-0.39, 0.29) is 16.7 Å². The van der Waals surface area contributed by atoms with Gasteiger partial charge in [-0.3, -0.25) is 9.59 Å². The standard InChI is InChI=1S/C19H16Cl2N2O3/c1-3-26-11-7-8-16-12(9-11)18(24)13(10-23(16)2)19(25)22-17-14(20)5-4-6-15(17)21/h4-10H,3H2,1-2H3,(H,22,25). The van der Waals surface area contributed by atoms with E-state index in [0.717, 1.165) is 0 Å². The van der Waals surface area contributed by atoms with Crippen LogP contribution in [0.4, 0.5) is 5.69 Å². The van der Waals surface area contributed by atoms with Gasteiger partial charge in [0.1, 0.15) is 11.3 Å². The quantitative estimate of drug-likeness (QED) is 0.713. The molecule has 0 aliphatic rings. The Bertz CT molecular complexity index is 1040. The van der Waals surface area contributed by atoms with Crippen molar-refractivity contribution in [2.24, 2.45) is 7.05 Å². The summed E-state index contributed by atoms with van der Waals surface area (Å²) < 4.78 is 7.17. The molecule has 0 unspecified atom stereocenters. The molecule has 3 rings (SSSR count). The number of rotatable bonds is 4. The molecule has 1 aromatic heterocycles. The van der Waals surface area contributed by atoms with Crippen LogP contribution in [0.15, 0.2) is 47.4 Å². The summed E-state index contributed by atoms with van der Waals surface area (Å²) in [6.07, 6.45) is 1.49. The summed E-state index contributed by atoms with van der Waals surface area (Å²) in [6, 6.07) is 10.1. The predicted octanol–water partition coefficient (Wildman–Crippen LogP) is 4.50. The molecular weight excluding hydrogens is 375 g/mol. The van der Waals surface area contributed by atoms with E-state index in [1.165, 1.54) is 6.20 Å². The Hall–Kier alpha value is -2.50. The second-order valence-electron chi connectivity index (χ2n) is 5.65. The Morgan fingerprint density at radius 2 is 1.88 bits per heavy atom. The smallest absolute Gasteiger partial charge is 0.261 e. The summed E-state index contributed by atoms with van der Waals surface area (Å²) in [7, 11) is 1.77. The van der Waals surface area contributed by atoms with Gasteiger partial charge in [-0.05, 0) is 37.3 Å². The van der Waals surface area contributed by atoms with Crippen LogP contribution in [0.5, 0.6) is 5.75 Å². The fraction of sp³-hybridized carbons (Fsp3) is 0.158. The van der Waals surface area contributed by atoms with Crippen LogP contribution in [0.25, 0.3) is 10.9 Å². The van der Waals surface area contributed by atoms with Gasteiger partial charge in [0.25, 0.3) is 5.91 Å². The number of amides is 1. The number of aromatic nitrogens is 1. The summed E-state index contributed by atoms with van der Waals surface area (Å²) in [4.78, 5) is 25.5. The summed E-state index contributed by atoms with van der Waals surface area (Å²) in [6.45, 7) is 2.34. The zero-order valence-electron chi connectivity index (χ0n) is 14.2. The summed E-state index contributed by atoms with van der Waals surface area (Å²) in [5, 5.41) is 3.61. The molecule has 0 saturated carbocycles. The van der Waals surface area contributed by atoms with E-state index in [4.69, 9.17) is 27.9 Å². The van der Waals surface area contributed by atoms with Gasteiger partial charge in [0.15, 0.2) is 0 Å². The van der Waals surface area contributed by atoms with E-state index in [2.05, 4.69) is 5.32 Å². The number of nitrogens with one attached hydrogen (secondary N) is 1. The molecule has 2 aromatic carbocycles. The van der Waals surface area contributed by atoms with Gasteiger partial charge < -0.3 is 14.6 Å². The fourth-order valence-corrected chi connectivity index (χ4v) is 3.18. The predicted molar refractivity (Wildman–Crippen MR) is 105 cm³/mol. The van der Waals surface area contributed by atoms with E-state index in [0.29, 0.717) is 33.3 Å². The maximum absolute atomic E-state index is 12.8. The highest BCUT2D eigenvalue weighted by atomic mass is 35.5. The monoisotopic (exact) mass is 390 g/mol. The normalized spacial score (nSPS) is 10.8. The second-order valence-corrected chi connectivity index (χ2v) is 6.46. The first-order valence-electron chi connectivity index (χ1n) is 7.94. The average molecular weight is 391 g/mol. The number of halogens is 2. The fourth-order valence-electron chi connectivity index (χ4n) is 2.69. The van der Waals surface area contributed by atoms with Gasteiger partial charge in [0.05, 0.1) is 33.2 Å². The highest BCUT2D eigenvalue weighted by molar-refractivity contribution is 6.40. The molecule has 0 atom stereocenters. The van der Waals surface area contributed by atoms with Crippen molar-refractivity contribution in [3.63, 3.8) is 0 Å². The number of ether oxygens (including phenoxy) is 1. The third-order valence-corrected chi connectivity index (χ3v) is 4.55. The number of anilines is 1. The molecule has 0 spiro atoms. The third kappa shape index (κ3) is 3.41. The number of para-hydroxylation sites is 1. The molecule has 0 saturated heterocycles. The highest BCUT2D eigenvalue weighted by Crippen LogP contribution is 2.30. The zero-order chi connectivity index (χ0) is 18.8. The van der Waals surface area contributed by atoms with Crippen LogP contribution in [0.3, 0.4) is 0 Å². The van der Waals surface area contributed by atoms with Crippen molar-refractivity contribution in [3.8, 4) is 5.75 Å². The number of carbonyl (C=O) groups is 1. The van der Waals surface area contributed by atoms with Gasteiger partial charge in [0, 0.05) is 13.2 Å². The molecule has 3 aromatic rings. The Balaban J connectivity index is 2.08. The number of nitrogens with zero attached hydrogens (tertiary/aromatic N) is 1. The SMILES string of the molecule is CCOc1ccc2c(c1)c(=O)c(C(=O)Nc1c(Cl)cccc1Cl)cn2C. The first-order chi connectivity index (χ1) is 12.4. The molecule has 134 valence electrons. The Morgan fingerprint density at radius 3 is 2.54 bits per heavy atom. The molecule has 26 heavy (non-hydrogen) atoms. The second kappa shape index (κ2) is 7.40. The third-order valence-electron chi connectivity index (χ3n) is 3.92. The van der Waals surface area contributed by atoms with Crippen molar-refractivity contribution >= 4 is 45.7 Å². The number of hydrogen-bond donors (Lipinski definition) is 1. The zero-order valence-corrected chi connectivity index (χ0v) is 15.7. The average Bonchev–Trinajstić information content (AvgIpc) is 2.61. The highest BCUT2D eigenvalue weighted by Gasteiger charge is 2.17. The molecule has 5 nitrogen and oxygen atoms in total. The number of pyridine rings is 1. The van der Waals surface area contributed by atoms with Crippen LogP contribution in [0.2, 0.25) is 10.0 Å². The molecule has 0 fully saturated rings. The van der Waals surface area contributed by atoms with Crippen LogP contribution in [0, 0.1) is 0 Å². The van der Waals surface area contributed by atoms with Gasteiger partial charge in [0.2, 0.25) is 5.43 Å². The maximum Gasteiger partial charge on any atom is 0.261 e. The minimum atomic E-state index is -0.579. The van der Waals surface area contributed by atoms with Crippen molar-refractivity contribution < 1.29 is 9.53 Å². The Morgan fingerprint density at radius 1 is 1.19 bits per heavy atom. The van der Waals surface area contributed by atoms with Crippen molar-refractivity contribution in [1.82, 2.24) is 4.57 Å². The van der Waals surface area contributed by atoms with Crippen molar-refractivity contribution in [2.75, 3.05) is 11.9 Å². The van der Waals surface area contributed by atoms with Crippen LogP contribution in [-0.4, -0.2) is 17.1 Å².